The van der Waals surface area contributed by atoms with E-state index < -0.39 is 0 Å². The van der Waals surface area contributed by atoms with E-state index in [4.69, 9.17) is 10.5 Å². The Morgan fingerprint density at radius 3 is 3.16 bits per heavy atom. The maximum Gasteiger partial charge on any atom is 0.228 e. The van der Waals surface area contributed by atoms with Gasteiger partial charge in [0.2, 0.25) is 5.91 Å². The molecule has 2 aliphatic rings. The fourth-order valence-electron chi connectivity index (χ4n) is 2.77. The van der Waals surface area contributed by atoms with Crippen molar-refractivity contribution in [1.82, 2.24) is 0 Å². The number of ether oxygens (including phenoxy) is 1. The molecule has 1 aromatic carbocycles. The summed E-state index contributed by atoms with van der Waals surface area (Å²) in [6.45, 7) is 4.63. The lowest BCUT2D eigenvalue weighted by Crippen LogP contribution is -2.30. The highest BCUT2D eigenvalue weighted by Crippen LogP contribution is 2.34. The second-order valence-electron chi connectivity index (χ2n) is 5.27. The number of anilines is 3. The van der Waals surface area contributed by atoms with Crippen LogP contribution in [0.4, 0.5) is 17.1 Å². The number of benzene rings is 1. The Bertz CT molecular complexity index is 516. The van der Waals surface area contributed by atoms with Gasteiger partial charge in [-0.05, 0) is 31.0 Å². The van der Waals surface area contributed by atoms with Crippen LogP contribution in [0.15, 0.2) is 12.1 Å². The molecule has 1 fully saturated rings. The molecule has 102 valence electrons. The minimum absolute atomic E-state index is 0.0408. The number of nitrogens with zero attached hydrogens (tertiary/aromatic N) is 1. The van der Waals surface area contributed by atoms with E-state index in [-0.39, 0.29) is 12.0 Å². The highest BCUT2D eigenvalue weighted by Gasteiger charge is 2.23. The number of hydrogen-bond acceptors (Lipinski definition) is 4. The van der Waals surface area contributed by atoms with Crippen molar-refractivity contribution in [2.45, 2.75) is 25.9 Å². The van der Waals surface area contributed by atoms with Gasteiger partial charge in [-0.25, -0.2) is 0 Å². The number of rotatable bonds is 1. The SMILES string of the molecule is CC1CN(c2cc3c(cc2N)CC(=O)N3)CCCO1. The number of nitrogens with one attached hydrogen (secondary N) is 1. The molecule has 1 atom stereocenters. The topological polar surface area (TPSA) is 67.6 Å². The summed E-state index contributed by atoms with van der Waals surface area (Å²) in [6, 6.07) is 3.91. The van der Waals surface area contributed by atoms with Crippen LogP contribution in [0.3, 0.4) is 0 Å². The third-order valence-corrected chi connectivity index (χ3v) is 3.67. The van der Waals surface area contributed by atoms with Gasteiger partial charge in [0.25, 0.3) is 0 Å². The first kappa shape index (κ1) is 12.3. The number of carbonyl (C=O) groups is 1. The summed E-state index contributed by atoms with van der Waals surface area (Å²) in [7, 11) is 0. The van der Waals surface area contributed by atoms with E-state index in [2.05, 4.69) is 17.1 Å². The largest absolute Gasteiger partial charge is 0.397 e. The number of nitrogens with two attached hydrogens (primary N) is 1. The van der Waals surface area contributed by atoms with Crippen molar-refractivity contribution in [3.05, 3.63) is 17.7 Å². The van der Waals surface area contributed by atoms with Crippen molar-refractivity contribution in [3.63, 3.8) is 0 Å². The molecule has 3 rings (SSSR count). The fourth-order valence-corrected chi connectivity index (χ4v) is 2.77. The lowest BCUT2D eigenvalue weighted by atomic mass is 10.1. The Morgan fingerprint density at radius 2 is 2.32 bits per heavy atom. The first-order chi connectivity index (χ1) is 9.13. The summed E-state index contributed by atoms with van der Waals surface area (Å²) in [5, 5.41) is 2.88. The Labute approximate surface area is 112 Å². The third-order valence-electron chi connectivity index (χ3n) is 3.67. The molecular weight excluding hydrogens is 242 g/mol. The van der Waals surface area contributed by atoms with Crippen molar-refractivity contribution in [2.24, 2.45) is 0 Å². The minimum atomic E-state index is 0.0408. The van der Waals surface area contributed by atoms with E-state index in [1.807, 2.05) is 12.1 Å². The van der Waals surface area contributed by atoms with E-state index in [1.54, 1.807) is 0 Å². The van der Waals surface area contributed by atoms with Crippen LogP contribution < -0.4 is 16.0 Å². The number of carbonyl (C=O) groups excluding carboxylic acids is 1. The standard InChI is InChI=1S/C14H19N3O2/c1-9-8-17(3-2-4-19-9)13-7-12-10(5-11(13)15)6-14(18)16-12/h5,7,9H,2-4,6,8,15H2,1H3,(H,16,18). The van der Waals surface area contributed by atoms with Crippen LogP contribution in [0.25, 0.3) is 0 Å². The predicted molar refractivity (Wildman–Crippen MR) is 75.4 cm³/mol. The molecule has 2 heterocycles. The molecule has 1 saturated heterocycles. The zero-order chi connectivity index (χ0) is 13.4. The van der Waals surface area contributed by atoms with Crippen molar-refractivity contribution < 1.29 is 9.53 Å². The van der Waals surface area contributed by atoms with E-state index in [0.29, 0.717) is 6.42 Å². The predicted octanol–water partition coefficient (Wildman–Crippen LogP) is 1.38. The van der Waals surface area contributed by atoms with Gasteiger partial charge in [0.15, 0.2) is 0 Å². The second kappa shape index (κ2) is 4.74. The summed E-state index contributed by atoms with van der Waals surface area (Å²) >= 11 is 0. The fraction of sp³-hybridized carbons (Fsp3) is 0.500. The van der Waals surface area contributed by atoms with Gasteiger partial charge in [0.05, 0.1) is 23.9 Å². The monoisotopic (exact) mass is 261 g/mol. The molecule has 0 radical (unpaired) electrons. The van der Waals surface area contributed by atoms with Gasteiger partial charge in [-0.15, -0.1) is 0 Å². The summed E-state index contributed by atoms with van der Waals surface area (Å²) in [6.07, 6.45) is 1.62. The number of nitrogen functional groups attached to an aromatic ring is 1. The molecule has 19 heavy (non-hydrogen) atoms. The van der Waals surface area contributed by atoms with Gasteiger partial charge in [0, 0.05) is 25.4 Å². The Balaban J connectivity index is 1.92. The molecule has 5 heteroatoms. The zero-order valence-electron chi connectivity index (χ0n) is 11.1. The average Bonchev–Trinajstić information content (AvgIpc) is 2.56. The van der Waals surface area contributed by atoms with Crippen LogP contribution in [0, 0.1) is 0 Å². The van der Waals surface area contributed by atoms with Crippen molar-refractivity contribution in [1.29, 1.82) is 0 Å². The van der Waals surface area contributed by atoms with Gasteiger partial charge in [-0.3, -0.25) is 4.79 Å². The lowest BCUT2D eigenvalue weighted by Gasteiger charge is -2.26. The van der Waals surface area contributed by atoms with Gasteiger partial charge in [-0.2, -0.15) is 0 Å². The normalized spacial score (nSPS) is 22.9. The van der Waals surface area contributed by atoms with Crippen molar-refractivity contribution in [3.8, 4) is 0 Å². The quantitative estimate of drug-likeness (QED) is 0.749. The van der Waals surface area contributed by atoms with E-state index in [1.165, 1.54) is 0 Å². The Kier molecular flexibility index (Phi) is 3.06. The number of amides is 1. The highest BCUT2D eigenvalue weighted by atomic mass is 16.5. The zero-order valence-corrected chi connectivity index (χ0v) is 11.1. The van der Waals surface area contributed by atoms with Gasteiger partial charge in [0.1, 0.15) is 0 Å². The van der Waals surface area contributed by atoms with Gasteiger partial charge in [-0.1, -0.05) is 0 Å². The summed E-state index contributed by atoms with van der Waals surface area (Å²) in [4.78, 5) is 13.7. The van der Waals surface area contributed by atoms with Crippen LogP contribution >= 0.6 is 0 Å². The molecule has 0 saturated carbocycles. The first-order valence-electron chi connectivity index (χ1n) is 6.72. The smallest absolute Gasteiger partial charge is 0.228 e. The molecule has 1 amide bonds. The molecule has 3 N–H and O–H groups in total. The second-order valence-corrected chi connectivity index (χ2v) is 5.27. The molecular formula is C14H19N3O2. The maximum absolute atomic E-state index is 11.4. The van der Waals surface area contributed by atoms with E-state index in [9.17, 15) is 4.79 Å². The molecule has 5 nitrogen and oxygen atoms in total. The van der Waals surface area contributed by atoms with Crippen LogP contribution in [0.2, 0.25) is 0 Å². The molecule has 0 aliphatic carbocycles. The minimum Gasteiger partial charge on any atom is -0.397 e. The summed E-state index contributed by atoms with van der Waals surface area (Å²) in [5.41, 5.74) is 9.77. The van der Waals surface area contributed by atoms with Gasteiger partial charge >= 0.3 is 0 Å². The lowest BCUT2D eigenvalue weighted by molar-refractivity contribution is -0.115. The first-order valence-corrected chi connectivity index (χ1v) is 6.72. The molecule has 0 aromatic heterocycles. The third kappa shape index (κ3) is 2.38. The van der Waals surface area contributed by atoms with Crippen LogP contribution in [-0.2, 0) is 16.0 Å². The average molecular weight is 261 g/mol. The van der Waals surface area contributed by atoms with Crippen molar-refractivity contribution in [2.75, 3.05) is 35.6 Å². The molecule has 0 spiro atoms. The number of fused-ring (bicyclic) bond motifs is 1. The van der Waals surface area contributed by atoms with Crippen LogP contribution in [0.1, 0.15) is 18.9 Å². The summed E-state index contributed by atoms with van der Waals surface area (Å²) in [5.74, 6) is 0.0408. The molecule has 0 bridgehead atoms. The van der Waals surface area contributed by atoms with E-state index in [0.717, 1.165) is 48.7 Å². The molecule has 2 aliphatic heterocycles. The van der Waals surface area contributed by atoms with Crippen LogP contribution in [0.5, 0.6) is 0 Å². The maximum atomic E-state index is 11.4. The Hall–Kier alpha value is -1.75. The van der Waals surface area contributed by atoms with Crippen LogP contribution in [-0.4, -0.2) is 31.7 Å². The molecule has 1 unspecified atom stereocenters. The number of hydrogen-bond donors (Lipinski definition) is 2. The van der Waals surface area contributed by atoms with Gasteiger partial charge < -0.3 is 20.7 Å². The molecule has 1 aromatic rings. The van der Waals surface area contributed by atoms with E-state index >= 15 is 0 Å². The summed E-state index contributed by atoms with van der Waals surface area (Å²) < 4.78 is 5.65. The Morgan fingerprint density at radius 1 is 1.47 bits per heavy atom. The van der Waals surface area contributed by atoms with Crippen molar-refractivity contribution >= 4 is 23.0 Å². The highest BCUT2D eigenvalue weighted by molar-refractivity contribution is 6.00.